The fourth-order valence-electron chi connectivity index (χ4n) is 3.15. The van der Waals surface area contributed by atoms with Gasteiger partial charge in [0.2, 0.25) is 11.8 Å². The van der Waals surface area contributed by atoms with Gasteiger partial charge in [-0.25, -0.2) is 0 Å². The Balaban J connectivity index is 2.07. The minimum Gasteiger partial charge on any atom is -0.354 e. The molecule has 2 rings (SSSR count). The van der Waals surface area contributed by atoms with Crippen LogP contribution >= 0.6 is 11.8 Å². The van der Waals surface area contributed by atoms with Crippen LogP contribution in [0.4, 0.5) is 0 Å². The largest absolute Gasteiger partial charge is 0.354 e. The average Bonchev–Trinajstić information content (AvgIpc) is 2.70. The van der Waals surface area contributed by atoms with Gasteiger partial charge in [0.1, 0.15) is 6.04 Å². The van der Waals surface area contributed by atoms with Gasteiger partial charge in [0.15, 0.2) is 0 Å². The Morgan fingerprint density at radius 2 is 1.77 bits per heavy atom. The number of nitrogens with one attached hydrogen (secondary N) is 1. The molecule has 0 heterocycles. The lowest BCUT2D eigenvalue weighted by Gasteiger charge is -2.29. The summed E-state index contributed by atoms with van der Waals surface area (Å²) >= 11 is 1.59. The van der Waals surface area contributed by atoms with Crippen LogP contribution in [-0.4, -0.2) is 35.1 Å². The number of carbonyl (C=O) groups excluding carboxylic acids is 2. The lowest BCUT2D eigenvalue weighted by atomic mass is 10.1. The summed E-state index contributed by atoms with van der Waals surface area (Å²) in [7, 11) is 0. The van der Waals surface area contributed by atoms with E-state index >= 15 is 0 Å². The van der Waals surface area contributed by atoms with Crippen molar-refractivity contribution in [3.63, 3.8) is 0 Å². The first-order valence-corrected chi connectivity index (χ1v) is 11.7. The summed E-state index contributed by atoms with van der Waals surface area (Å²) in [6.07, 6.45) is 0. The summed E-state index contributed by atoms with van der Waals surface area (Å²) in [5.41, 5.74) is 4.62. The Labute approximate surface area is 185 Å². The molecule has 0 spiro atoms. The molecule has 1 atom stereocenters. The van der Waals surface area contributed by atoms with Crippen molar-refractivity contribution in [2.75, 3.05) is 12.3 Å². The number of hydrogen-bond donors (Lipinski definition) is 1. The second kappa shape index (κ2) is 11.8. The maximum absolute atomic E-state index is 13.1. The molecule has 4 nitrogen and oxygen atoms in total. The van der Waals surface area contributed by atoms with E-state index in [0.717, 1.165) is 16.9 Å². The molecule has 0 aliphatic rings. The maximum atomic E-state index is 13.1. The second-order valence-corrected chi connectivity index (χ2v) is 9.23. The number of thioether (sulfide) groups is 1. The molecule has 0 aromatic heterocycles. The molecule has 0 bridgehead atoms. The highest BCUT2D eigenvalue weighted by atomic mass is 32.2. The third-order valence-corrected chi connectivity index (χ3v) is 6.02. The molecule has 5 heteroatoms. The van der Waals surface area contributed by atoms with Crippen LogP contribution in [0.5, 0.6) is 0 Å². The second-order valence-electron chi connectivity index (χ2n) is 8.24. The third kappa shape index (κ3) is 7.52. The van der Waals surface area contributed by atoms with Crippen LogP contribution in [0.15, 0.2) is 48.5 Å². The first-order valence-electron chi connectivity index (χ1n) is 10.5. The van der Waals surface area contributed by atoms with E-state index in [2.05, 4.69) is 44.3 Å². The quantitative estimate of drug-likeness (QED) is 0.598. The van der Waals surface area contributed by atoms with Crippen LogP contribution < -0.4 is 5.32 Å². The zero-order valence-corrected chi connectivity index (χ0v) is 19.6. The lowest BCUT2D eigenvalue weighted by Crippen LogP contribution is -2.48. The van der Waals surface area contributed by atoms with Crippen molar-refractivity contribution >= 4 is 23.6 Å². The fourth-order valence-corrected chi connectivity index (χ4v) is 4.00. The van der Waals surface area contributed by atoms with Crippen molar-refractivity contribution in [1.82, 2.24) is 10.2 Å². The van der Waals surface area contributed by atoms with Gasteiger partial charge in [-0.1, -0.05) is 67.9 Å². The van der Waals surface area contributed by atoms with Crippen molar-refractivity contribution in [3.8, 4) is 0 Å². The van der Waals surface area contributed by atoms with E-state index < -0.39 is 6.04 Å². The standard InChI is InChI=1S/C25H34N2O2S/c1-18(2)14-26-25(29)21(5)27(15-23-12-7-6-10-20(23)4)24(28)17-30-16-22-11-8-9-19(3)13-22/h6-13,18,21H,14-17H2,1-5H3,(H,26,29)/t21-/m0/s1. The minimum absolute atomic E-state index is 0.0110. The van der Waals surface area contributed by atoms with Gasteiger partial charge in [0, 0.05) is 18.8 Å². The lowest BCUT2D eigenvalue weighted by molar-refractivity contribution is -0.138. The third-order valence-electron chi connectivity index (χ3n) is 5.03. The zero-order chi connectivity index (χ0) is 22.1. The Hall–Kier alpha value is -2.27. The molecule has 0 aliphatic heterocycles. The Kier molecular flexibility index (Phi) is 9.44. The van der Waals surface area contributed by atoms with E-state index in [1.54, 1.807) is 16.7 Å². The molecule has 0 fully saturated rings. The van der Waals surface area contributed by atoms with Gasteiger partial charge in [0.25, 0.3) is 0 Å². The molecule has 2 amide bonds. The molecule has 0 unspecified atom stereocenters. The number of nitrogens with zero attached hydrogens (tertiary/aromatic N) is 1. The van der Waals surface area contributed by atoms with E-state index in [1.807, 2.05) is 44.2 Å². The zero-order valence-electron chi connectivity index (χ0n) is 18.8. The van der Waals surface area contributed by atoms with Gasteiger partial charge in [-0.3, -0.25) is 9.59 Å². The average molecular weight is 427 g/mol. The van der Waals surface area contributed by atoms with Gasteiger partial charge in [-0.05, 0) is 43.4 Å². The van der Waals surface area contributed by atoms with Gasteiger partial charge in [-0.2, -0.15) is 0 Å². The number of carbonyl (C=O) groups is 2. The van der Waals surface area contributed by atoms with Crippen LogP contribution in [0.1, 0.15) is 43.0 Å². The Bertz CT molecular complexity index is 851. The molecule has 30 heavy (non-hydrogen) atoms. The van der Waals surface area contributed by atoms with Crippen molar-refractivity contribution in [3.05, 3.63) is 70.8 Å². The molecule has 0 aliphatic carbocycles. The van der Waals surface area contributed by atoms with Crippen LogP contribution in [0.25, 0.3) is 0 Å². The van der Waals surface area contributed by atoms with E-state index in [9.17, 15) is 9.59 Å². The van der Waals surface area contributed by atoms with Crippen LogP contribution in [0.2, 0.25) is 0 Å². The summed E-state index contributed by atoms with van der Waals surface area (Å²) in [6, 6.07) is 15.8. The smallest absolute Gasteiger partial charge is 0.242 e. The first-order chi connectivity index (χ1) is 14.3. The van der Waals surface area contributed by atoms with Crippen LogP contribution in [0, 0.1) is 19.8 Å². The monoisotopic (exact) mass is 426 g/mol. The molecule has 2 aromatic carbocycles. The topological polar surface area (TPSA) is 49.4 Å². The summed E-state index contributed by atoms with van der Waals surface area (Å²) in [5.74, 6) is 1.38. The van der Waals surface area contributed by atoms with E-state index in [1.165, 1.54) is 11.1 Å². The molecule has 2 aromatic rings. The van der Waals surface area contributed by atoms with Gasteiger partial charge < -0.3 is 10.2 Å². The fraction of sp³-hybridized carbons (Fsp3) is 0.440. The summed E-state index contributed by atoms with van der Waals surface area (Å²) in [5, 5.41) is 2.97. The summed E-state index contributed by atoms with van der Waals surface area (Å²) < 4.78 is 0. The van der Waals surface area contributed by atoms with Crippen molar-refractivity contribution in [2.24, 2.45) is 5.92 Å². The van der Waals surface area contributed by atoms with Crippen molar-refractivity contribution < 1.29 is 9.59 Å². The Morgan fingerprint density at radius 3 is 2.43 bits per heavy atom. The van der Waals surface area contributed by atoms with Gasteiger partial charge in [0.05, 0.1) is 5.75 Å². The predicted molar refractivity (Wildman–Crippen MR) is 126 cm³/mol. The van der Waals surface area contributed by atoms with E-state index in [4.69, 9.17) is 0 Å². The van der Waals surface area contributed by atoms with E-state index in [-0.39, 0.29) is 11.8 Å². The first kappa shape index (κ1) is 24.0. The summed E-state index contributed by atoms with van der Waals surface area (Å²) in [4.78, 5) is 27.5. The van der Waals surface area contributed by atoms with Crippen molar-refractivity contribution in [1.29, 1.82) is 0 Å². The number of benzene rings is 2. The normalized spacial score (nSPS) is 11.9. The molecule has 0 saturated carbocycles. The number of hydrogen-bond acceptors (Lipinski definition) is 3. The Morgan fingerprint density at radius 1 is 1.03 bits per heavy atom. The van der Waals surface area contributed by atoms with Crippen LogP contribution in [0.3, 0.4) is 0 Å². The molecule has 1 N–H and O–H groups in total. The molecular formula is C25H34N2O2S. The van der Waals surface area contributed by atoms with E-state index in [0.29, 0.717) is 24.8 Å². The van der Waals surface area contributed by atoms with Crippen LogP contribution in [-0.2, 0) is 21.9 Å². The SMILES string of the molecule is Cc1cccc(CSCC(=O)N(Cc2ccccc2C)[C@@H](C)C(=O)NCC(C)C)c1. The maximum Gasteiger partial charge on any atom is 0.242 e. The highest BCUT2D eigenvalue weighted by Gasteiger charge is 2.26. The highest BCUT2D eigenvalue weighted by Crippen LogP contribution is 2.18. The predicted octanol–water partition coefficient (Wildman–Crippen LogP) is 4.73. The van der Waals surface area contributed by atoms with Crippen molar-refractivity contribution in [2.45, 2.75) is 53.0 Å². The number of amides is 2. The number of aryl methyl sites for hydroxylation is 2. The molecule has 0 radical (unpaired) electrons. The highest BCUT2D eigenvalue weighted by molar-refractivity contribution is 7.99. The van der Waals surface area contributed by atoms with Gasteiger partial charge >= 0.3 is 0 Å². The molecule has 0 saturated heterocycles. The molecule has 162 valence electrons. The van der Waals surface area contributed by atoms with Gasteiger partial charge in [-0.15, -0.1) is 11.8 Å². The molecular weight excluding hydrogens is 392 g/mol. The number of rotatable bonds is 10. The minimum atomic E-state index is -0.518. The summed E-state index contributed by atoms with van der Waals surface area (Å²) in [6.45, 7) is 11.1.